The van der Waals surface area contributed by atoms with E-state index in [2.05, 4.69) is 240 Å². The molecule has 0 rings (SSSR count). The van der Waals surface area contributed by atoms with Gasteiger partial charge in [-0.1, -0.05) is 252 Å². The second-order valence-electron chi connectivity index (χ2n) is 20.2. The standard InChI is InChI=1S/C77H114O6/c1-4-7-10-13-16-19-22-25-28-31-33-35-36-37-38-39-40-42-43-46-49-52-55-58-61-64-67-70-76(79)82-73-74(72-81-75(78)69-66-63-60-57-54-51-48-45-30-27-24-21-18-15-12-9-6-3)83-77(80)71-68-65-62-59-56-53-50-47-44-41-34-32-29-26-23-20-17-14-11-8-5-2/h7-12,16-21,25-30,33-35,37-38,40-42,46-51,55-56,58-59,74H,4-6,13-15,22-24,31-32,36,39,43-45,52-54,57,60-73H2,1-3H3/b10-7-,11-8-,12-9-,19-16-,20-17-,21-18-,28-25-,29-26-,30-27-,35-33-,38-37-,41-34-,42-40-,49-46-,50-47-,51-48-,58-55-,59-56-. The lowest BCUT2D eigenvalue weighted by molar-refractivity contribution is -0.167. The summed E-state index contributed by atoms with van der Waals surface area (Å²) in [6, 6.07) is 0. The summed E-state index contributed by atoms with van der Waals surface area (Å²) in [7, 11) is 0. The van der Waals surface area contributed by atoms with Crippen molar-refractivity contribution in [3.63, 3.8) is 0 Å². The van der Waals surface area contributed by atoms with Crippen LogP contribution in [-0.4, -0.2) is 37.2 Å². The number of allylic oxidation sites excluding steroid dienone is 36. The first-order chi connectivity index (χ1) is 41.0. The van der Waals surface area contributed by atoms with Gasteiger partial charge in [0.25, 0.3) is 0 Å². The van der Waals surface area contributed by atoms with Gasteiger partial charge in [-0.25, -0.2) is 0 Å². The van der Waals surface area contributed by atoms with Gasteiger partial charge in [0.05, 0.1) is 0 Å². The Kier molecular flexibility index (Phi) is 63.1. The zero-order valence-electron chi connectivity index (χ0n) is 52.4. The number of carbonyl (C=O) groups is 3. The maximum absolute atomic E-state index is 12.9. The van der Waals surface area contributed by atoms with Crippen molar-refractivity contribution in [2.24, 2.45) is 0 Å². The fourth-order valence-corrected chi connectivity index (χ4v) is 7.74. The smallest absolute Gasteiger partial charge is 0.306 e. The zero-order valence-corrected chi connectivity index (χ0v) is 52.4. The molecule has 0 aromatic carbocycles. The fourth-order valence-electron chi connectivity index (χ4n) is 7.74. The Bertz CT molecular complexity index is 2080. The van der Waals surface area contributed by atoms with Gasteiger partial charge in [0.2, 0.25) is 0 Å². The van der Waals surface area contributed by atoms with Crippen LogP contribution in [-0.2, 0) is 28.6 Å². The lowest BCUT2D eigenvalue weighted by Gasteiger charge is -2.18. The van der Waals surface area contributed by atoms with Crippen molar-refractivity contribution in [1.82, 2.24) is 0 Å². The van der Waals surface area contributed by atoms with Gasteiger partial charge >= 0.3 is 17.9 Å². The van der Waals surface area contributed by atoms with Crippen LogP contribution in [0.15, 0.2) is 219 Å². The first-order valence-electron chi connectivity index (χ1n) is 32.2. The van der Waals surface area contributed by atoms with Crippen LogP contribution >= 0.6 is 0 Å². The second kappa shape index (κ2) is 68.2. The van der Waals surface area contributed by atoms with Gasteiger partial charge < -0.3 is 14.2 Å². The normalized spacial score (nSPS) is 13.6. The lowest BCUT2D eigenvalue weighted by atomic mass is 10.1. The molecule has 0 radical (unpaired) electrons. The van der Waals surface area contributed by atoms with E-state index in [0.29, 0.717) is 19.3 Å². The van der Waals surface area contributed by atoms with Gasteiger partial charge in [-0.2, -0.15) is 0 Å². The molecule has 0 aliphatic heterocycles. The number of rotatable bonds is 55. The molecule has 0 amide bonds. The van der Waals surface area contributed by atoms with Crippen molar-refractivity contribution in [3.05, 3.63) is 219 Å². The van der Waals surface area contributed by atoms with Crippen LogP contribution in [0.3, 0.4) is 0 Å². The van der Waals surface area contributed by atoms with Crippen LogP contribution in [0.25, 0.3) is 0 Å². The molecule has 0 aromatic rings. The summed E-state index contributed by atoms with van der Waals surface area (Å²) in [5.74, 6) is -1.06. The Morgan fingerprint density at radius 1 is 0.241 bits per heavy atom. The van der Waals surface area contributed by atoms with Crippen molar-refractivity contribution in [1.29, 1.82) is 0 Å². The first kappa shape index (κ1) is 76.7. The molecule has 83 heavy (non-hydrogen) atoms. The van der Waals surface area contributed by atoms with E-state index < -0.39 is 6.10 Å². The molecule has 1 unspecified atom stereocenters. The Balaban J connectivity index is 4.63. The van der Waals surface area contributed by atoms with E-state index in [1.54, 1.807) is 0 Å². The lowest BCUT2D eigenvalue weighted by Crippen LogP contribution is -2.30. The predicted molar refractivity (Wildman–Crippen MR) is 361 cm³/mol. The third kappa shape index (κ3) is 66.4. The number of ether oxygens (including phenoxy) is 3. The van der Waals surface area contributed by atoms with Gasteiger partial charge in [-0.05, 0) is 173 Å². The number of hydrogen-bond acceptors (Lipinski definition) is 6. The van der Waals surface area contributed by atoms with Crippen LogP contribution in [0.2, 0.25) is 0 Å². The maximum Gasteiger partial charge on any atom is 0.306 e. The molecule has 0 saturated carbocycles. The van der Waals surface area contributed by atoms with Crippen molar-refractivity contribution in [3.8, 4) is 0 Å². The molecular formula is C77H114O6. The van der Waals surface area contributed by atoms with Gasteiger partial charge in [0, 0.05) is 19.3 Å². The maximum atomic E-state index is 12.9. The van der Waals surface area contributed by atoms with E-state index >= 15 is 0 Å². The van der Waals surface area contributed by atoms with Crippen LogP contribution in [0.4, 0.5) is 0 Å². The quantitative estimate of drug-likeness (QED) is 0.0261. The van der Waals surface area contributed by atoms with Crippen molar-refractivity contribution in [2.45, 2.75) is 232 Å². The van der Waals surface area contributed by atoms with Crippen LogP contribution in [0.5, 0.6) is 0 Å². The highest BCUT2D eigenvalue weighted by Crippen LogP contribution is 2.11. The van der Waals surface area contributed by atoms with Crippen molar-refractivity contribution in [2.75, 3.05) is 13.2 Å². The van der Waals surface area contributed by atoms with E-state index in [4.69, 9.17) is 14.2 Å². The van der Waals surface area contributed by atoms with E-state index in [0.717, 1.165) is 173 Å². The zero-order chi connectivity index (χ0) is 59.9. The summed E-state index contributed by atoms with van der Waals surface area (Å²) in [4.78, 5) is 38.4. The van der Waals surface area contributed by atoms with Crippen molar-refractivity contribution < 1.29 is 28.6 Å². The Morgan fingerprint density at radius 3 is 0.687 bits per heavy atom. The van der Waals surface area contributed by atoms with Gasteiger partial charge in [-0.15, -0.1) is 0 Å². The highest BCUT2D eigenvalue weighted by atomic mass is 16.6. The van der Waals surface area contributed by atoms with Gasteiger partial charge in [-0.3, -0.25) is 14.4 Å². The van der Waals surface area contributed by atoms with Crippen molar-refractivity contribution >= 4 is 17.9 Å². The topological polar surface area (TPSA) is 78.9 Å². The molecule has 1 atom stereocenters. The highest BCUT2D eigenvalue weighted by Gasteiger charge is 2.19. The molecule has 0 spiro atoms. The number of unbranched alkanes of at least 4 members (excludes halogenated alkanes) is 8. The SMILES string of the molecule is CC/C=C\C/C=C\C/C=C\C/C=C\C/C=C\C/C=C\C/C=C\C/C=C\CCCCC(=O)OCC(COC(=O)CCCCCC/C=C\C/C=C\C/C=C\C/C=C\CC)OC(=O)CCCC/C=C\C/C=C\C/C=C\C/C=C\C/C=C\C/C=C\CC. The van der Waals surface area contributed by atoms with Crippen LogP contribution < -0.4 is 0 Å². The van der Waals surface area contributed by atoms with E-state index in [1.807, 2.05) is 0 Å². The molecule has 0 fully saturated rings. The van der Waals surface area contributed by atoms with Gasteiger partial charge in [0.1, 0.15) is 13.2 Å². The summed E-state index contributed by atoms with van der Waals surface area (Å²) < 4.78 is 16.8. The molecule has 6 heteroatoms. The summed E-state index contributed by atoms with van der Waals surface area (Å²) in [6.45, 7) is 6.18. The number of esters is 3. The minimum Gasteiger partial charge on any atom is -0.462 e. The summed E-state index contributed by atoms with van der Waals surface area (Å²) in [6.07, 6.45) is 107. The number of hydrogen-bond donors (Lipinski definition) is 0. The van der Waals surface area contributed by atoms with E-state index in [9.17, 15) is 14.4 Å². The third-order valence-electron chi connectivity index (χ3n) is 12.5. The summed E-state index contributed by atoms with van der Waals surface area (Å²) >= 11 is 0. The van der Waals surface area contributed by atoms with E-state index in [-0.39, 0.29) is 44.0 Å². The summed E-state index contributed by atoms with van der Waals surface area (Å²) in [5, 5.41) is 0. The molecule has 0 heterocycles. The number of carbonyl (C=O) groups excluding carboxylic acids is 3. The molecule has 458 valence electrons. The minimum absolute atomic E-state index is 0.136. The van der Waals surface area contributed by atoms with E-state index in [1.165, 1.54) is 0 Å². The molecule has 0 N–H and O–H groups in total. The predicted octanol–water partition coefficient (Wildman–Crippen LogP) is 22.5. The largest absolute Gasteiger partial charge is 0.462 e. The molecule has 0 aliphatic carbocycles. The molecule has 0 aliphatic rings. The van der Waals surface area contributed by atoms with Gasteiger partial charge in [0.15, 0.2) is 6.10 Å². The average molecular weight is 1140 g/mol. The molecular weight excluding hydrogens is 1020 g/mol. The minimum atomic E-state index is -0.847. The molecule has 0 aromatic heterocycles. The third-order valence-corrected chi connectivity index (χ3v) is 12.5. The molecule has 0 bridgehead atoms. The molecule has 0 saturated heterocycles. The Morgan fingerprint density at radius 2 is 0.434 bits per heavy atom. The first-order valence-corrected chi connectivity index (χ1v) is 32.2. The van der Waals surface area contributed by atoms with Crippen LogP contribution in [0.1, 0.15) is 226 Å². The van der Waals surface area contributed by atoms with Crippen LogP contribution in [0, 0.1) is 0 Å². The fraction of sp³-hybridized carbons (Fsp3) is 0.494. The Hall–Kier alpha value is -6.27. The summed E-state index contributed by atoms with van der Waals surface area (Å²) in [5.41, 5.74) is 0. The highest BCUT2D eigenvalue weighted by molar-refractivity contribution is 5.71. The molecule has 6 nitrogen and oxygen atoms in total. The Labute approximate surface area is 508 Å². The monoisotopic (exact) mass is 1130 g/mol. The second-order valence-corrected chi connectivity index (χ2v) is 20.2. The average Bonchev–Trinajstić information content (AvgIpc) is 3.49.